The molecule has 0 aliphatic heterocycles. The summed E-state index contributed by atoms with van der Waals surface area (Å²) in [5, 5.41) is 2.19. The van der Waals surface area contributed by atoms with Crippen LogP contribution in [0.5, 0.6) is 0 Å². The van der Waals surface area contributed by atoms with Crippen molar-refractivity contribution in [1.82, 2.24) is 5.32 Å². The molecule has 0 saturated carbocycles. The summed E-state index contributed by atoms with van der Waals surface area (Å²) in [4.78, 5) is 11.3. The van der Waals surface area contributed by atoms with Gasteiger partial charge in [0, 0.05) is 6.42 Å². The molecule has 0 atom stereocenters. The van der Waals surface area contributed by atoms with Gasteiger partial charge in [0.15, 0.2) is 0 Å². The Hall–Kier alpha value is -1.20. The number of alkyl halides is 2. The minimum Gasteiger partial charge on any atom is -0.350 e. The fraction of sp³-hybridized carbons (Fsp3) is 0.462. The Kier molecular flexibility index (Phi) is 8.27. The average Bonchev–Trinajstić information content (AvgIpc) is 2.38. The monoisotopic (exact) mass is 292 g/mol. The van der Waals surface area contributed by atoms with Crippen LogP contribution in [0.1, 0.15) is 18.4 Å². The molecule has 0 aliphatic carbocycles. The maximum atomic E-state index is 12.8. The van der Waals surface area contributed by atoms with E-state index in [-0.39, 0.29) is 24.7 Å². The third kappa shape index (κ3) is 7.74. The maximum Gasteiger partial charge on any atom is 0.277 e. The van der Waals surface area contributed by atoms with E-state index in [0.29, 0.717) is 6.42 Å². The third-order valence-electron chi connectivity index (χ3n) is 2.55. The van der Waals surface area contributed by atoms with E-state index >= 15 is 0 Å². The maximum absolute atomic E-state index is 12.8. The van der Waals surface area contributed by atoms with Gasteiger partial charge in [0.2, 0.25) is 5.91 Å². The number of hydrogen-bond acceptors (Lipinski definition) is 2. The van der Waals surface area contributed by atoms with Crippen LogP contribution in [0.3, 0.4) is 0 Å². The van der Waals surface area contributed by atoms with Crippen molar-refractivity contribution in [2.75, 3.05) is 13.1 Å². The lowest BCUT2D eigenvalue weighted by Crippen LogP contribution is -2.41. The molecule has 3 N–H and O–H groups in total. The van der Waals surface area contributed by atoms with E-state index in [1.165, 1.54) is 0 Å². The first-order chi connectivity index (χ1) is 8.53. The smallest absolute Gasteiger partial charge is 0.277 e. The molecule has 1 aromatic carbocycles. The molecule has 3 nitrogen and oxygen atoms in total. The quantitative estimate of drug-likeness (QED) is 0.809. The highest BCUT2D eigenvalue weighted by Crippen LogP contribution is 2.09. The number of nitrogens with one attached hydrogen (secondary N) is 1. The molecule has 0 fully saturated rings. The van der Waals surface area contributed by atoms with Crippen LogP contribution in [0.2, 0.25) is 0 Å². The Morgan fingerprint density at radius 1 is 1.26 bits per heavy atom. The molecule has 0 aromatic heterocycles. The highest BCUT2D eigenvalue weighted by Gasteiger charge is 2.26. The van der Waals surface area contributed by atoms with E-state index < -0.39 is 19.0 Å². The van der Waals surface area contributed by atoms with Crippen LogP contribution in [0.4, 0.5) is 8.78 Å². The number of amides is 1. The molecule has 0 heterocycles. The summed E-state index contributed by atoms with van der Waals surface area (Å²) >= 11 is 0. The summed E-state index contributed by atoms with van der Waals surface area (Å²) in [6.45, 7) is -1.44. The van der Waals surface area contributed by atoms with Crippen molar-refractivity contribution < 1.29 is 13.6 Å². The number of carbonyl (C=O) groups is 1. The highest BCUT2D eigenvalue weighted by atomic mass is 35.5. The average molecular weight is 293 g/mol. The summed E-state index contributed by atoms with van der Waals surface area (Å²) in [5.41, 5.74) is 6.00. The number of benzene rings is 1. The molecule has 0 aliphatic rings. The summed E-state index contributed by atoms with van der Waals surface area (Å²) in [7, 11) is 0. The zero-order valence-corrected chi connectivity index (χ0v) is 11.4. The molecule has 0 spiro atoms. The van der Waals surface area contributed by atoms with Crippen LogP contribution in [-0.2, 0) is 11.2 Å². The second-order valence-corrected chi connectivity index (χ2v) is 4.18. The Morgan fingerprint density at radius 3 is 2.47 bits per heavy atom. The number of aryl methyl sites for hydroxylation is 1. The van der Waals surface area contributed by atoms with Gasteiger partial charge in [0.25, 0.3) is 5.92 Å². The van der Waals surface area contributed by atoms with Gasteiger partial charge in [-0.15, -0.1) is 12.4 Å². The van der Waals surface area contributed by atoms with Gasteiger partial charge in [-0.1, -0.05) is 30.3 Å². The van der Waals surface area contributed by atoms with E-state index in [1.54, 1.807) is 0 Å². The lowest BCUT2D eigenvalue weighted by Gasteiger charge is -2.14. The van der Waals surface area contributed by atoms with E-state index in [1.807, 2.05) is 30.3 Å². The van der Waals surface area contributed by atoms with Gasteiger partial charge in [-0.25, -0.2) is 8.78 Å². The van der Waals surface area contributed by atoms with E-state index in [0.717, 1.165) is 12.0 Å². The van der Waals surface area contributed by atoms with Gasteiger partial charge >= 0.3 is 0 Å². The predicted octanol–water partition coefficient (Wildman–Crippen LogP) is 2.14. The minimum absolute atomic E-state index is 0. The molecular formula is C13H19ClF2N2O. The third-order valence-corrected chi connectivity index (χ3v) is 2.55. The SMILES string of the molecule is Cl.NCC(F)(F)CNC(=O)CCCc1ccccc1. The van der Waals surface area contributed by atoms with Crippen LogP contribution in [-0.4, -0.2) is 24.9 Å². The second kappa shape index (κ2) is 8.82. The topological polar surface area (TPSA) is 55.1 Å². The lowest BCUT2D eigenvalue weighted by molar-refractivity contribution is -0.122. The van der Waals surface area contributed by atoms with Crippen LogP contribution in [0.25, 0.3) is 0 Å². The van der Waals surface area contributed by atoms with Crippen LogP contribution in [0, 0.1) is 0 Å². The van der Waals surface area contributed by atoms with Crippen molar-refractivity contribution in [2.45, 2.75) is 25.2 Å². The van der Waals surface area contributed by atoms with Gasteiger partial charge in [-0.3, -0.25) is 4.79 Å². The molecule has 6 heteroatoms. The molecular weight excluding hydrogens is 274 g/mol. The fourth-order valence-corrected chi connectivity index (χ4v) is 1.49. The van der Waals surface area contributed by atoms with E-state index in [2.05, 4.69) is 5.32 Å². The first-order valence-corrected chi connectivity index (χ1v) is 5.92. The highest BCUT2D eigenvalue weighted by molar-refractivity contribution is 5.85. The van der Waals surface area contributed by atoms with Crippen molar-refractivity contribution >= 4 is 18.3 Å². The zero-order chi connectivity index (χ0) is 13.4. The normalized spacial score (nSPS) is 10.7. The van der Waals surface area contributed by atoms with Crippen LogP contribution in [0.15, 0.2) is 30.3 Å². The van der Waals surface area contributed by atoms with Crippen molar-refractivity contribution in [2.24, 2.45) is 5.73 Å². The Balaban J connectivity index is 0.00000324. The number of nitrogens with two attached hydrogens (primary N) is 1. The van der Waals surface area contributed by atoms with Gasteiger partial charge in [-0.2, -0.15) is 0 Å². The van der Waals surface area contributed by atoms with Crippen molar-refractivity contribution in [3.63, 3.8) is 0 Å². The van der Waals surface area contributed by atoms with Crippen LogP contribution >= 0.6 is 12.4 Å². The molecule has 0 radical (unpaired) electrons. The molecule has 0 unspecified atom stereocenters. The first-order valence-electron chi connectivity index (χ1n) is 5.92. The zero-order valence-electron chi connectivity index (χ0n) is 10.6. The minimum atomic E-state index is -3.02. The number of hydrogen-bond donors (Lipinski definition) is 2. The molecule has 1 amide bonds. The van der Waals surface area contributed by atoms with Crippen molar-refractivity contribution in [1.29, 1.82) is 0 Å². The molecule has 108 valence electrons. The van der Waals surface area contributed by atoms with Crippen LogP contribution < -0.4 is 11.1 Å². The standard InChI is InChI=1S/C13H18F2N2O.ClH/c14-13(15,9-16)10-17-12(18)8-4-7-11-5-2-1-3-6-11;/h1-3,5-6H,4,7-10,16H2,(H,17,18);1H. The van der Waals surface area contributed by atoms with E-state index in [9.17, 15) is 13.6 Å². The lowest BCUT2D eigenvalue weighted by atomic mass is 10.1. The predicted molar refractivity (Wildman–Crippen MR) is 73.6 cm³/mol. The van der Waals surface area contributed by atoms with Gasteiger partial charge in [0.05, 0.1) is 13.1 Å². The number of halogens is 3. The largest absolute Gasteiger partial charge is 0.350 e. The Bertz CT molecular complexity index is 374. The molecule has 0 saturated heterocycles. The van der Waals surface area contributed by atoms with Crippen molar-refractivity contribution in [3.8, 4) is 0 Å². The second-order valence-electron chi connectivity index (χ2n) is 4.18. The summed E-state index contributed by atoms with van der Waals surface area (Å²) in [6.07, 6.45) is 1.65. The molecule has 1 aromatic rings. The Labute approximate surface area is 118 Å². The fourth-order valence-electron chi connectivity index (χ4n) is 1.49. The number of carbonyl (C=O) groups excluding carboxylic acids is 1. The van der Waals surface area contributed by atoms with Gasteiger partial charge < -0.3 is 11.1 Å². The summed E-state index contributed by atoms with van der Waals surface area (Å²) < 4.78 is 25.5. The Morgan fingerprint density at radius 2 is 1.89 bits per heavy atom. The first kappa shape index (κ1) is 17.8. The van der Waals surface area contributed by atoms with Gasteiger partial charge in [-0.05, 0) is 18.4 Å². The van der Waals surface area contributed by atoms with Gasteiger partial charge in [0.1, 0.15) is 0 Å². The molecule has 0 bridgehead atoms. The molecule has 19 heavy (non-hydrogen) atoms. The van der Waals surface area contributed by atoms with Crippen molar-refractivity contribution in [3.05, 3.63) is 35.9 Å². The summed E-state index contributed by atoms with van der Waals surface area (Å²) in [6, 6.07) is 9.72. The summed E-state index contributed by atoms with van der Waals surface area (Å²) in [5.74, 6) is -3.38. The number of rotatable bonds is 7. The molecule has 1 rings (SSSR count). The van der Waals surface area contributed by atoms with E-state index in [4.69, 9.17) is 5.73 Å².